The van der Waals surface area contributed by atoms with Crippen LogP contribution in [0.1, 0.15) is 42.9 Å². The maximum Gasteiger partial charge on any atom is 0.262 e. The van der Waals surface area contributed by atoms with Gasteiger partial charge in [-0.3, -0.25) is 9.59 Å². The number of amides is 2. The van der Waals surface area contributed by atoms with Crippen molar-refractivity contribution in [2.75, 3.05) is 26.8 Å². The number of hydrazone groups is 1. The Hall–Kier alpha value is -3.06. The summed E-state index contributed by atoms with van der Waals surface area (Å²) in [5, 5.41) is 6.11. The summed E-state index contributed by atoms with van der Waals surface area (Å²) in [4.78, 5) is 27.9. The maximum absolute atomic E-state index is 13.4. The van der Waals surface area contributed by atoms with Crippen molar-refractivity contribution in [2.24, 2.45) is 11.0 Å². The van der Waals surface area contributed by atoms with Crippen LogP contribution in [0, 0.1) is 11.7 Å². The Morgan fingerprint density at radius 1 is 1.12 bits per heavy atom. The number of nitrogens with zero attached hydrogens (tertiary/aromatic N) is 3. The molecule has 1 aliphatic heterocycles. The highest BCUT2D eigenvalue weighted by molar-refractivity contribution is 6.03. The zero-order valence-electron chi connectivity index (χ0n) is 18.2. The monoisotopic (exact) mass is 437 g/mol. The van der Waals surface area contributed by atoms with Crippen LogP contribution in [0.4, 0.5) is 4.39 Å². The lowest BCUT2D eigenvalue weighted by Gasteiger charge is -2.32. The van der Waals surface area contributed by atoms with Gasteiger partial charge < -0.3 is 9.64 Å². The van der Waals surface area contributed by atoms with Gasteiger partial charge in [0.15, 0.2) is 0 Å². The number of benzene rings is 2. The van der Waals surface area contributed by atoms with Gasteiger partial charge in [-0.05, 0) is 36.1 Å². The summed E-state index contributed by atoms with van der Waals surface area (Å²) in [5.74, 6) is -0.538. The first-order chi connectivity index (χ1) is 15.6. The van der Waals surface area contributed by atoms with E-state index in [0.29, 0.717) is 19.6 Å². The number of ether oxygens (including phenoxy) is 1. The van der Waals surface area contributed by atoms with E-state index in [1.807, 2.05) is 30.3 Å². The third-order valence-electron chi connectivity index (χ3n) is 6.19. The highest BCUT2D eigenvalue weighted by Gasteiger charge is 2.36. The largest absolute Gasteiger partial charge is 0.383 e. The molecule has 1 aliphatic carbocycles. The van der Waals surface area contributed by atoms with E-state index in [-0.39, 0.29) is 36.1 Å². The fourth-order valence-corrected chi connectivity index (χ4v) is 4.11. The summed E-state index contributed by atoms with van der Waals surface area (Å²) >= 11 is 0. The minimum absolute atomic E-state index is 0.00133. The summed E-state index contributed by atoms with van der Waals surface area (Å²) in [7, 11) is 1.58. The molecule has 0 N–H and O–H groups in total. The van der Waals surface area contributed by atoms with Gasteiger partial charge >= 0.3 is 0 Å². The highest BCUT2D eigenvalue weighted by atomic mass is 19.1. The van der Waals surface area contributed by atoms with E-state index >= 15 is 0 Å². The fraction of sp³-hybridized carbons (Fsp3) is 0.400. The number of carbonyl (C=O) groups is 2. The van der Waals surface area contributed by atoms with Gasteiger partial charge in [-0.25, -0.2) is 9.40 Å². The zero-order valence-corrected chi connectivity index (χ0v) is 18.2. The molecule has 4 rings (SSSR count). The Bertz CT molecular complexity index is 974. The predicted octanol–water partition coefficient (Wildman–Crippen LogP) is 3.78. The molecule has 2 aromatic rings. The number of hydrogen-bond donors (Lipinski definition) is 0. The van der Waals surface area contributed by atoms with Gasteiger partial charge in [0.2, 0.25) is 5.91 Å². The van der Waals surface area contributed by atoms with Crippen molar-refractivity contribution in [1.82, 2.24) is 9.91 Å². The van der Waals surface area contributed by atoms with Crippen LogP contribution in [0.3, 0.4) is 0 Å². The molecule has 7 heteroatoms. The van der Waals surface area contributed by atoms with E-state index in [1.54, 1.807) is 24.1 Å². The molecule has 1 heterocycles. The molecule has 1 atom stereocenters. The van der Waals surface area contributed by atoms with Crippen LogP contribution in [0.2, 0.25) is 0 Å². The molecule has 0 bridgehead atoms. The molecule has 2 aliphatic rings. The molecule has 0 unspecified atom stereocenters. The molecule has 2 amide bonds. The molecule has 6 nitrogen and oxygen atoms in total. The first-order valence-electron chi connectivity index (χ1n) is 11.0. The van der Waals surface area contributed by atoms with E-state index < -0.39 is 0 Å². The normalized spacial score (nSPS) is 18.2. The van der Waals surface area contributed by atoms with Crippen molar-refractivity contribution in [3.05, 3.63) is 71.5 Å². The third kappa shape index (κ3) is 4.88. The Morgan fingerprint density at radius 2 is 1.84 bits per heavy atom. The summed E-state index contributed by atoms with van der Waals surface area (Å²) < 4.78 is 18.5. The summed E-state index contributed by atoms with van der Waals surface area (Å²) in [6, 6.07) is 15.6. The molecule has 168 valence electrons. The van der Waals surface area contributed by atoms with Crippen molar-refractivity contribution in [3.8, 4) is 0 Å². The fourth-order valence-electron chi connectivity index (χ4n) is 4.11. The topological polar surface area (TPSA) is 62.2 Å². The van der Waals surface area contributed by atoms with Gasteiger partial charge in [-0.1, -0.05) is 48.9 Å². The molecule has 1 saturated carbocycles. The van der Waals surface area contributed by atoms with E-state index in [0.717, 1.165) is 36.1 Å². The third-order valence-corrected chi connectivity index (χ3v) is 6.19. The Balaban J connectivity index is 1.57. The predicted molar refractivity (Wildman–Crippen MR) is 119 cm³/mol. The first-order valence-corrected chi connectivity index (χ1v) is 11.0. The van der Waals surface area contributed by atoms with Crippen LogP contribution in [0.25, 0.3) is 0 Å². The minimum atomic E-state index is -0.316. The van der Waals surface area contributed by atoms with Crippen LogP contribution in [-0.4, -0.2) is 54.2 Å². The number of methoxy groups -OCH3 is 1. The molecule has 32 heavy (non-hydrogen) atoms. The Morgan fingerprint density at radius 3 is 2.47 bits per heavy atom. The number of rotatable bonds is 8. The van der Waals surface area contributed by atoms with Crippen molar-refractivity contribution in [3.63, 3.8) is 0 Å². The molecule has 0 aromatic heterocycles. The average molecular weight is 438 g/mol. The average Bonchev–Trinajstić information content (AvgIpc) is 3.22. The van der Waals surface area contributed by atoms with Crippen LogP contribution in [-0.2, 0) is 14.3 Å². The van der Waals surface area contributed by atoms with Gasteiger partial charge in [0.1, 0.15) is 12.4 Å². The number of carbonyl (C=O) groups excluding carboxylic acids is 2. The van der Waals surface area contributed by atoms with Gasteiger partial charge in [-0.15, -0.1) is 0 Å². The molecular weight excluding hydrogens is 409 g/mol. The smallest absolute Gasteiger partial charge is 0.262 e. The van der Waals surface area contributed by atoms with Gasteiger partial charge in [0, 0.05) is 26.0 Å². The Kier molecular flexibility index (Phi) is 6.95. The standard InChI is InChI=1S/C25H28FN3O3/c1-32-15-14-28(25(31)20-8-5-9-20)17-24(30)29-23(19-6-3-2-4-7-19)16-22(27-29)18-10-12-21(26)13-11-18/h2-4,6-7,10-13,20,23H,5,8-9,14-17H2,1H3/t23-/m1/s1. The summed E-state index contributed by atoms with van der Waals surface area (Å²) in [5.41, 5.74) is 2.47. The lowest BCUT2D eigenvalue weighted by atomic mass is 9.84. The molecule has 2 aromatic carbocycles. The molecule has 0 spiro atoms. The summed E-state index contributed by atoms with van der Waals surface area (Å²) in [6.45, 7) is 0.704. The van der Waals surface area contributed by atoms with Crippen LogP contribution in [0.15, 0.2) is 59.7 Å². The van der Waals surface area contributed by atoms with Gasteiger partial charge in [-0.2, -0.15) is 5.10 Å². The minimum Gasteiger partial charge on any atom is -0.383 e. The lowest BCUT2D eigenvalue weighted by Crippen LogP contribution is -2.46. The van der Waals surface area contributed by atoms with Crippen molar-refractivity contribution >= 4 is 17.5 Å². The Labute approximate surface area is 187 Å². The second-order valence-corrected chi connectivity index (χ2v) is 8.30. The molecule has 0 radical (unpaired) electrons. The van der Waals surface area contributed by atoms with E-state index in [2.05, 4.69) is 5.10 Å². The van der Waals surface area contributed by atoms with Crippen molar-refractivity contribution in [1.29, 1.82) is 0 Å². The number of halogens is 1. The van der Waals surface area contributed by atoms with E-state index in [1.165, 1.54) is 17.1 Å². The lowest BCUT2D eigenvalue weighted by molar-refractivity contribution is -0.146. The second-order valence-electron chi connectivity index (χ2n) is 8.30. The van der Waals surface area contributed by atoms with Crippen molar-refractivity contribution in [2.45, 2.75) is 31.7 Å². The SMILES string of the molecule is COCCN(CC(=O)N1N=C(c2ccc(F)cc2)C[C@@H]1c1ccccc1)C(=O)C1CCC1. The molecule has 0 saturated heterocycles. The summed E-state index contributed by atoms with van der Waals surface area (Å²) in [6.07, 6.45) is 3.32. The van der Waals surface area contributed by atoms with E-state index in [4.69, 9.17) is 4.74 Å². The molecule has 1 fully saturated rings. The second kappa shape index (κ2) is 10.0. The zero-order chi connectivity index (χ0) is 22.5. The van der Waals surface area contributed by atoms with Crippen LogP contribution >= 0.6 is 0 Å². The van der Waals surface area contributed by atoms with Gasteiger partial charge in [0.25, 0.3) is 5.91 Å². The van der Waals surface area contributed by atoms with Crippen molar-refractivity contribution < 1.29 is 18.7 Å². The molecular formula is C25H28FN3O3. The number of hydrogen-bond acceptors (Lipinski definition) is 4. The maximum atomic E-state index is 13.4. The van der Waals surface area contributed by atoms with Gasteiger partial charge in [0.05, 0.1) is 18.4 Å². The van der Waals surface area contributed by atoms with Crippen LogP contribution in [0.5, 0.6) is 0 Å². The highest BCUT2D eigenvalue weighted by Crippen LogP contribution is 2.33. The first kappa shape index (κ1) is 22.1. The quantitative estimate of drug-likeness (QED) is 0.632. The van der Waals surface area contributed by atoms with E-state index in [9.17, 15) is 14.0 Å². The van der Waals surface area contributed by atoms with Crippen LogP contribution < -0.4 is 0 Å².